The summed E-state index contributed by atoms with van der Waals surface area (Å²) in [6.45, 7) is 6.56. The lowest BCUT2D eigenvalue weighted by molar-refractivity contribution is -0.167. The van der Waals surface area contributed by atoms with E-state index in [1.165, 1.54) is 231 Å². The summed E-state index contributed by atoms with van der Waals surface area (Å²) in [5.41, 5.74) is 0. The largest absolute Gasteiger partial charge is 0.462 e. The number of carbonyl (C=O) groups is 3. The predicted molar refractivity (Wildman–Crippen MR) is 344 cm³/mol. The van der Waals surface area contributed by atoms with Gasteiger partial charge in [-0.05, 0) is 83.5 Å². The average molecular weight is 1110 g/mol. The normalized spacial score (nSPS) is 12.4. The van der Waals surface area contributed by atoms with Gasteiger partial charge in [0.1, 0.15) is 13.2 Å². The zero-order chi connectivity index (χ0) is 57.1. The number of rotatable bonds is 64. The quantitative estimate of drug-likeness (QED) is 0.0261. The number of allylic oxidation sites excluding steroid dienone is 10. The molecule has 0 amide bonds. The first-order valence-electron chi connectivity index (χ1n) is 34.8. The van der Waals surface area contributed by atoms with Crippen molar-refractivity contribution < 1.29 is 28.6 Å². The lowest BCUT2D eigenvalue weighted by atomic mass is 10.0. The van der Waals surface area contributed by atoms with Crippen LogP contribution in [-0.4, -0.2) is 37.2 Å². The number of esters is 3. The summed E-state index contributed by atoms with van der Waals surface area (Å²) in [5.74, 6) is -0.887. The smallest absolute Gasteiger partial charge is 0.306 e. The van der Waals surface area contributed by atoms with Crippen LogP contribution in [0.25, 0.3) is 0 Å². The van der Waals surface area contributed by atoms with Crippen LogP contribution in [-0.2, 0) is 28.6 Å². The molecule has 0 aromatic carbocycles. The van der Waals surface area contributed by atoms with E-state index in [4.69, 9.17) is 14.2 Å². The van der Waals surface area contributed by atoms with Crippen molar-refractivity contribution >= 4 is 17.9 Å². The van der Waals surface area contributed by atoms with Crippen LogP contribution >= 0.6 is 0 Å². The molecule has 1 unspecified atom stereocenters. The highest BCUT2D eigenvalue weighted by Gasteiger charge is 2.19. The van der Waals surface area contributed by atoms with E-state index in [9.17, 15) is 14.4 Å². The second-order valence-corrected chi connectivity index (χ2v) is 23.4. The summed E-state index contributed by atoms with van der Waals surface area (Å²) in [4.78, 5) is 38.4. The Morgan fingerprint density at radius 3 is 0.785 bits per heavy atom. The maximum Gasteiger partial charge on any atom is 0.306 e. The van der Waals surface area contributed by atoms with Gasteiger partial charge in [-0.15, -0.1) is 0 Å². The SMILES string of the molecule is CC/C=C\C/C=C\C/C=C\C/C=C\CCCCCCC(=O)OCC(COC(=O)CCCCCCCCCCCCCCCCCCCCCCCCCCCC)OC(=O)CCCCCCCCC/C=C\CCCCCCCCC. The molecule has 0 spiro atoms. The number of ether oxygens (including phenoxy) is 3. The standard InChI is InChI=1S/C73H132O6/c1-4-7-10-13-16-19-22-25-28-31-33-34-35-36-37-38-39-40-43-45-48-51-54-57-60-63-66-72(75)78-69-70(68-77-71(74)65-62-59-56-53-50-47-44-41-30-27-24-21-18-15-12-9-6-3)79-73(76)67-64-61-58-55-52-49-46-42-32-29-26-23-20-17-14-11-8-5-2/h9,12,18,21,27,29-30,32,44,47,70H,4-8,10-11,13-17,19-20,22-26,28,31,33-43,45-46,48-69H2,1-3H3/b12-9-,21-18-,30-27-,32-29-,47-44-. The van der Waals surface area contributed by atoms with Gasteiger partial charge >= 0.3 is 17.9 Å². The molecule has 460 valence electrons. The van der Waals surface area contributed by atoms with E-state index >= 15 is 0 Å². The molecule has 0 aliphatic heterocycles. The molecule has 1 atom stereocenters. The molecular formula is C73H132O6. The predicted octanol–water partition coefficient (Wildman–Crippen LogP) is 23.9. The van der Waals surface area contributed by atoms with E-state index in [0.29, 0.717) is 19.3 Å². The van der Waals surface area contributed by atoms with Crippen LogP contribution in [0.4, 0.5) is 0 Å². The summed E-state index contributed by atoms with van der Waals surface area (Å²) in [6.07, 6.45) is 86.8. The third-order valence-electron chi connectivity index (χ3n) is 15.5. The molecule has 0 N–H and O–H groups in total. The summed E-state index contributed by atoms with van der Waals surface area (Å²) >= 11 is 0. The van der Waals surface area contributed by atoms with Gasteiger partial charge in [-0.25, -0.2) is 0 Å². The van der Waals surface area contributed by atoms with Gasteiger partial charge in [0.05, 0.1) is 0 Å². The molecule has 0 heterocycles. The first-order chi connectivity index (χ1) is 39.0. The van der Waals surface area contributed by atoms with Crippen molar-refractivity contribution in [2.24, 2.45) is 0 Å². The fraction of sp³-hybridized carbons (Fsp3) is 0.822. The molecule has 0 aliphatic carbocycles. The van der Waals surface area contributed by atoms with Gasteiger partial charge in [0.2, 0.25) is 0 Å². The van der Waals surface area contributed by atoms with Gasteiger partial charge in [-0.2, -0.15) is 0 Å². The van der Waals surface area contributed by atoms with Gasteiger partial charge < -0.3 is 14.2 Å². The minimum absolute atomic E-state index is 0.0804. The van der Waals surface area contributed by atoms with Gasteiger partial charge in [-0.3, -0.25) is 14.4 Å². The van der Waals surface area contributed by atoms with Crippen LogP contribution < -0.4 is 0 Å². The van der Waals surface area contributed by atoms with Crippen LogP contribution in [0.1, 0.15) is 367 Å². The Labute approximate surface area is 491 Å². The van der Waals surface area contributed by atoms with Crippen molar-refractivity contribution in [3.63, 3.8) is 0 Å². The fourth-order valence-electron chi connectivity index (χ4n) is 10.3. The van der Waals surface area contributed by atoms with Crippen molar-refractivity contribution in [1.29, 1.82) is 0 Å². The molecule has 0 bridgehead atoms. The number of carbonyl (C=O) groups excluding carboxylic acids is 3. The molecule has 0 rings (SSSR count). The van der Waals surface area contributed by atoms with Crippen LogP contribution in [0.3, 0.4) is 0 Å². The lowest BCUT2D eigenvalue weighted by Gasteiger charge is -2.18. The summed E-state index contributed by atoms with van der Waals surface area (Å²) in [5, 5.41) is 0. The van der Waals surface area contributed by atoms with E-state index in [-0.39, 0.29) is 31.1 Å². The van der Waals surface area contributed by atoms with Crippen LogP contribution in [0.5, 0.6) is 0 Å². The molecule has 6 heteroatoms. The van der Waals surface area contributed by atoms with Crippen LogP contribution in [0.2, 0.25) is 0 Å². The maximum atomic E-state index is 12.9. The Morgan fingerprint density at radius 1 is 0.266 bits per heavy atom. The summed E-state index contributed by atoms with van der Waals surface area (Å²) < 4.78 is 17.0. The molecule has 0 saturated heterocycles. The van der Waals surface area contributed by atoms with Crippen molar-refractivity contribution in [3.8, 4) is 0 Å². The fourth-order valence-corrected chi connectivity index (χ4v) is 10.3. The molecule has 6 nitrogen and oxygen atoms in total. The van der Waals surface area contributed by atoms with Crippen molar-refractivity contribution in [2.75, 3.05) is 13.2 Å². The Morgan fingerprint density at radius 2 is 0.494 bits per heavy atom. The van der Waals surface area contributed by atoms with Gasteiger partial charge in [0.15, 0.2) is 6.10 Å². The van der Waals surface area contributed by atoms with E-state index < -0.39 is 6.10 Å². The minimum atomic E-state index is -0.787. The number of hydrogen-bond donors (Lipinski definition) is 0. The Balaban J connectivity index is 4.30. The molecule has 0 aliphatic rings. The molecule has 0 aromatic rings. The highest BCUT2D eigenvalue weighted by molar-refractivity contribution is 5.71. The second-order valence-electron chi connectivity index (χ2n) is 23.4. The highest BCUT2D eigenvalue weighted by Crippen LogP contribution is 2.18. The van der Waals surface area contributed by atoms with E-state index in [1.807, 2.05) is 0 Å². The highest BCUT2D eigenvalue weighted by atomic mass is 16.6. The minimum Gasteiger partial charge on any atom is -0.462 e. The zero-order valence-corrected chi connectivity index (χ0v) is 52.9. The number of hydrogen-bond acceptors (Lipinski definition) is 6. The first kappa shape index (κ1) is 76.1. The van der Waals surface area contributed by atoms with Crippen molar-refractivity contribution in [2.45, 2.75) is 374 Å². The summed E-state index contributed by atoms with van der Waals surface area (Å²) in [7, 11) is 0. The maximum absolute atomic E-state index is 12.9. The molecule has 0 saturated carbocycles. The topological polar surface area (TPSA) is 78.9 Å². The van der Waals surface area contributed by atoms with Gasteiger partial charge in [0, 0.05) is 19.3 Å². The third-order valence-corrected chi connectivity index (χ3v) is 15.5. The Bertz CT molecular complexity index is 1410. The van der Waals surface area contributed by atoms with Crippen molar-refractivity contribution in [3.05, 3.63) is 60.8 Å². The van der Waals surface area contributed by atoms with Crippen molar-refractivity contribution in [1.82, 2.24) is 0 Å². The third kappa shape index (κ3) is 65.8. The van der Waals surface area contributed by atoms with E-state index in [1.54, 1.807) is 0 Å². The Hall–Kier alpha value is -2.89. The van der Waals surface area contributed by atoms with Crippen LogP contribution in [0, 0.1) is 0 Å². The molecule has 0 radical (unpaired) electrons. The molecule has 0 fully saturated rings. The monoisotopic (exact) mass is 1110 g/mol. The van der Waals surface area contributed by atoms with E-state index in [2.05, 4.69) is 81.5 Å². The average Bonchev–Trinajstić information content (AvgIpc) is 3.45. The second kappa shape index (κ2) is 67.6. The van der Waals surface area contributed by atoms with Crippen LogP contribution in [0.15, 0.2) is 60.8 Å². The van der Waals surface area contributed by atoms with Gasteiger partial charge in [-0.1, -0.05) is 326 Å². The molecule has 0 aromatic heterocycles. The van der Waals surface area contributed by atoms with Gasteiger partial charge in [0.25, 0.3) is 0 Å². The zero-order valence-electron chi connectivity index (χ0n) is 52.9. The molecular weight excluding hydrogens is 973 g/mol. The number of unbranched alkanes of at least 4 members (excludes halogenated alkanes) is 43. The van der Waals surface area contributed by atoms with E-state index in [0.717, 1.165) is 96.3 Å². The Kier molecular flexibility index (Phi) is 65.1. The first-order valence-corrected chi connectivity index (χ1v) is 34.8. The molecule has 79 heavy (non-hydrogen) atoms. The summed E-state index contributed by atoms with van der Waals surface area (Å²) in [6, 6.07) is 0. The lowest BCUT2D eigenvalue weighted by Crippen LogP contribution is -2.30.